The van der Waals surface area contributed by atoms with Crippen LogP contribution in [0, 0.1) is 10.8 Å². The fraction of sp³-hybridized carbons (Fsp3) is 0.500. The fourth-order valence-corrected chi connectivity index (χ4v) is 6.81. The van der Waals surface area contributed by atoms with Gasteiger partial charge in [0, 0.05) is 10.5 Å². The molecule has 2 unspecified atom stereocenters. The summed E-state index contributed by atoms with van der Waals surface area (Å²) < 4.78 is 21.3. The molecule has 0 aliphatic rings. The third-order valence-corrected chi connectivity index (χ3v) is 10.4. The Hall–Kier alpha value is -3.78. The lowest BCUT2D eigenvalue weighted by molar-refractivity contribution is 0.0678. The molecule has 0 bridgehead atoms. The molecule has 3 aromatic rings. The van der Waals surface area contributed by atoms with Gasteiger partial charge in [0.25, 0.3) is 0 Å². The van der Waals surface area contributed by atoms with E-state index in [-0.39, 0.29) is 45.3 Å². The van der Waals surface area contributed by atoms with Gasteiger partial charge in [-0.05, 0) is 46.9 Å². The number of hydrogen-bond acceptors (Lipinski definition) is 12. The molecule has 2 heterocycles. The average Bonchev–Trinajstić information content (AvgIpc) is 2.98. The molecule has 0 radical (unpaired) electrons. The molecule has 2 aromatic heterocycles. The van der Waals surface area contributed by atoms with Crippen LogP contribution in [0.25, 0.3) is 0 Å². The molecule has 0 aliphatic heterocycles. The Balaban J connectivity index is 2.19. The number of carboxylic acid groups (broad SMARTS) is 2. The van der Waals surface area contributed by atoms with Gasteiger partial charge in [-0.15, -0.1) is 0 Å². The third-order valence-electron chi connectivity index (χ3n) is 7.25. The number of aromatic carboxylic acids is 2. The van der Waals surface area contributed by atoms with Crippen molar-refractivity contribution < 1.29 is 38.7 Å². The van der Waals surface area contributed by atoms with E-state index in [9.17, 15) is 19.8 Å². The van der Waals surface area contributed by atoms with Gasteiger partial charge in [-0.25, -0.2) is 9.59 Å². The highest BCUT2D eigenvalue weighted by atomic mass is 32.2. The lowest BCUT2D eigenvalue weighted by atomic mass is 9.81. The normalized spacial score (nSPS) is 13.1. The monoisotopic (exact) mass is 674 g/mol. The van der Waals surface area contributed by atoms with Crippen LogP contribution >= 0.6 is 23.5 Å². The van der Waals surface area contributed by atoms with Gasteiger partial charge in [0.1, 0.15) is 0 Å². The van der Waals surface area contributed by atoms with Crippen LogP contribution in [-0.4, -0.2) is 81.0 Å². The smallest absolute Gasteiger partial charge is 0.335 e. The molecule has 1 aromatic carbocycles. The van der Waals surface area contributed by atoms with Crippen LogP contribution in [0.5, 0.6) is 23.5 Å². The van der Waals surface area contributed by atoms with E-state index in [2.05, 4.69) is 19.9 Å². The van der Waals surface area contributed by atoms with Gasteiger partial charge in [-0.2, -0.15) is 19.9 Å². The molecule has 2 atom stereocenters. The maximum atomic E-state index is 12.7. The third kappa shape index (κ3) is 9.38. The van der Waals surface area contributed by atoms with Gasteiger partial charge < -0.3 is 29.2 Å². The number of hydrogen-bond donors (Lipinski definition) is 2. The van der Waals surface area contributed by atoms with Crippen molar-refractivity contribution in [2.24, 2.45) is 10.8 Å². The van der Waals surface area contributed by atoms with Crippen molar-refractivity contribution in [2.45, 2.75) is 75.2 Å². The van der Waals surface area contributed by atoms with E-state index in [4.69, 9.17) is 18.9 Å². The Morgan fingerprint density at radius 2 is 0.913 bits per heavy atom. The number of carbonyl (C=O) groups is 2. The van der Waals surface area contributed by atoms with Crippen molar-refractivity contribution in [3.63, 3.8) is 0 Å². The molecule has 0 saturated heterocycles. The average molecular weight is 675 g/mol. The minimum absolute atomic E-state index is 0.0379. The predicted octanol–water partition coefficient (Wildman–Crippen LogP) is 6.20. The molecule has 0 amide bonds. The quantitative estimate of drug-likeness (QED) is 0.147. The molecular weight excluding hydrogens is 633 g/mol. The Bertz CT molecular complexity index is 1400. The van der Waals surface area contributed by atoms with Crippen LogP contribution in [0.15, 0.2) is 34.6 Å². The van der Waals surface area contributed by atoms with Gasteiger partial charge in [0.15, 0.2) is 10.3 Å². The number of carboxylic acids is 2. The number of methoxy groups -OCH3 is 4. The van der Waals surface area contributed by atoms with Gasteiger partial charge >= 0.3 is 11.9 Å². The van der Waals surface area contributed by atoms with E-state index in [1.165, 1.54) is 64.1 Å². The lowest BCUT2D eigenvalue weighted by Gasteiger charge is -2.33. The van der Waals surface area contributed by atoms with E-state index in [1.807, 2.05) is 41.5 Å². The van der Waals surface area contributed by atoms with Crippen LogP contribution in [0.1, 0.15) is 73.4 Å². The Labute approximate surface area is 278 Å². The molecule has 2 N–H and O–H groups in total. The first-order valence-corrected chi connectivity index (χ1v) is 16.1. The second-order valence-corrected chi connectivity index (χ2v) is 14.9. The van der Waals surface area contributed by atoms with Crippen molar-refractivity contribution in [2.75, 3.05) is 28.4 Å². The molecule has 12 nitrogen and oxygen atoms in total. The van der Waals surface area contributed by atoms with E-state index in [0.29, 0.717) is 45.0 Å². The zero-order valence-electron chi connectivity index (χ0n) is 27.8. The van der Waals surface area contributed by atoms with Gasteiger partial charge in [0.05, 0.1) is 51.7 Å². The second kappa shape index (κ2) is 15.2. The molecular formula is C32H42N4O8S2. The van der Waals surface area contributed by atoms with Crippen LogP contribution in [0.4, 0.5) is 0 Å². The molecule has 0 spiro atoms. The minimum Gasteiger partial charge on any atom is -0.481 e. The zero-order chi connectivity index (χ0) is 34.4. The van der Waals surface area contributed by atoms with Crippen LogP contribution < -0.4 is 18.9 Å². The van der Waals surface area contributed by atoms with E-state index >= 15 is 0 Å². The standard InChI is InChI=1S/C32H42N4O8S2/c1-31(2,3)21(45-29-33-23(41-7)15-24(34-29)42-8)13-19-17(27(37)38)11-12-18(28(39)40)20(19)14-22(32(4,5)6)46-30-35-25(43-9)16-26(36-30)44-10/h11-12,15-16,21-22H,13-14H2,1-10H3,(H,37,38)(H,39,40). The number of nitrogens with zero attached hydrogens (tertiary/aromatic N) is 4. The fourth-order valence-electron chi connectivity index (χ4n) is 4.53. The summed E-state index contributed by atoms with van der Waals surface area (Å²) in [5.74, 6) is -1.00. The van der Waals surface area contributed by atoms with Gasteiger partial charge in [0.2, 0.25) is 23.5 Å². The number of rotatable bonds is 14. The Kier molecular flexibility index (Phi) is 12.1. The highest BCUT2D eigenvalue weighted by molar-refractivity contribution is 8.00. The second-order valence-electron chi connectivity index (χ2n) is 12.6. The summed E-state index contributed by atoms with van der Waals surface area (Å²) in [6, 6.07) is 5.88. The van der Waals surface area contributed by atoms with E-state index in [0.717, 1.165) is 0 Å². The first-order chi connectivity index (χ1) is 21.5. The van der Waals surface area contributed by atoms with Gasteiger partial charge in [-0.1, -0.05) is 65.1 Å². The summed E-state index contributed by atoms with van der Waals surface area (Å²) in [5.41, 5.74) is 0.175. The first kappa shape index (κ1) is 36.7. The molecule has 0 aliphatic carbocycles. The number of aromatic nitrogens is 4. The van der Waals surface area contributed by atoms with Gasteiger partial charge in [-0.3, -0.25) is 0 Å². The first-order valence-electron chi connectivity index (χ1n) is 14.4. The van der Waals surface area contributed by atoms with E-state index < -0.39 is 11.9 Å². The minimum atomic E-state index is -1.15. The molecule has 250 valence electrons. The maximum Gasteiger partial charge on any atom is 0.335 e. The van der Waals surface area contributed by atoms with Crippen LogP contribution in [-0.2, 0) is 12.8 Å². The van der Waals surface area contributed by atoms with Crippen molar-refractivity contribution in [1.29, 1.82) is 0 Å². The summed E-state index contributed by atoms with van der Waals surface area (Å²) in [7, 11) is 5.99. The Morgan fingerprint density at radius 3 is 1.13 bits per heavy atom. The molecule has 14 heteroatoms. The highest BCUT2D eigenvalue weighted by Gasteiger charge is 2.34. The van der Waals surface area contributed by atoms with E-state index in [1.54, 1.807) is 12.1 Å². The van der Waals surface area contributed by atoms with Crippen LogP contribution in [0.2, 0.25) is 0 Å². The molecule has 0 saturated carbocycles. The largest absolute Gasteiger partial charge is 0.481 e. The summed E-state index contributed by atoms with van der Waals surface area (Å²) in [6.07, 6.45) is 0.445. The summed E-state index contributed by atoms with van der Waals surface area (Å²) in [4.78, 5) is 43.2. The predicted molar refractivity (Wildman–Crippen MR) is 176 cm³/mol. The number of benzene rings is 1. The summed E-state index contributed by atoms with van der Waals surface area (Å²) >= 11 is 2.71. The Morgan fingerprint density at radius 1 is 0.630 bits per heavy atom. The van der Waals surface area contributed by atoms with Crippen molar-refractivity contribution in [3.05, 3.63) is 46.5 Å². The molecule has 0 fully saturated rings. The number of ether oxygens (including phenoxy) is 4. The molecule has 3 rings (SSSR count). The molecule has 46 heavy (non-hydrogen) atoms. The topological polar surface area (TPSA) is 163 Å². The van der Waals surface area contributed by atoms with Crippen molar-refractivity contribution in [1.82, 2.24) is 19.9 Å². The van der Waals surface area contributed by atoms with Crippen molar-refractivity contribution in [3.8, 4) is 23.5 Å². The van der Waals surface area contributed by atoms with Crippen molar-refractivity contribution >= 4 is 35.5 Å². The highest BCUT2D eigenvalue weighted by Crippen LogP contribution is 2.42. The summed E-state index contributed by atoms with van der Waals surface area (Å²) in [5, 5.41) is 20.9. The number of thioether (sulfide) groups is 2. The van der Waals surface area contributed by atoms with Crippen LogP contribution in [0.3, 0.4) is 0 Å². The SMILES string of the molecule is COc1cc(OC)nc(SC(Cc2c(C(=O)O)ccc(C(=O)O)c2CC(Sc2nc(OC)cc(OC)n2)C(C)(C)C)C(C)(C)C)n1. The maximum absolute atomic E-state index is 12.7. The lowest BCUT2D eigenvalue weighted by Crippen LogP contribution is -2.30. The summed E-state index contributed by atoms with van der Waals surface area (Å²) in [6.45, 7) is 12.2. The zero-order valence-corrected chi connectivity index (χ0v) is 29.5.